The number of nitro benzene ring substituents is 1. The molecule has 2 amide bonds. The summed E-state index contributed by atoms with van der Waals surface area (Å²) in [6.07, 6.45) is 1.84. The number of halogens is 2. The predicted molar refractivity (Wildman–Crippen MR) is 151 cm³/mol. The summed E-state index contributed by atoms with van der Waals surface area (Å²) in [4.78, 5) is 49.0. The molecule has 2 bridgehead atoms. The Labute approximate surface area is 246 Å². The Bertz CT molecular complexity index is 1450. The predicted octanol–water partition coefficient (Wildman–Crippen LogP) is 5.79. The summed E-state index contributed by atoms with van der Waals surface area (Å²) in [5.41, 5.74) is 3.71. The first-order chi connectivity index (χ1) is 19.7. The lowest BCUT2D eigenvalue weighted by atomic mass is 9.54. The molecule has 2 atom stereocenters. The molecule has 0 aromatic heterocycles. The molecule has 41 heavy (non-hydrogen) atoms. The number of esters is 1. The second-order valence-corrected chi connectivity index (χ2v) is 11.9. The molecule has 10 heteroatoms. The molecule has 4 aliphatic rings. The Kier molecular flexibility index (Phi) is 6.86. The fourth-order valence-electron chi connectivity index (χ4n) is 6.61. The Hall–Kier alpha value is -3.75. The number of alkyl halides is 2. The first-order valence-corrected chi connectivity index (χ1v) is 14.3. The van der Waals surface area contributed by atoms with Crippen molar-refractivity contribution in [2.24, 2.45) is 11.8 Å². The van der Waals surface area contributed by atoms with Crippen LogP contribution in [0.5, 0.6) is 0 Å². The lowest BCUT2D eigenvalue weighted by Crippen LogP contribution is -2.57. The van der Waals surface area contributed by atoms with Crippen LogP contribution in [0.1, 0.15) is 53.5 Å². The van der Waals surface area contributed by atoms with Crippen molar-refractivity contribution in [3.63, 3.8) is 0 Å². The number of hydrogen-bond acceptors (Lipinski definition) is 6. The van der Waals surface area contributed by atoms with Gasteiger partial charge in [-0.2, -0.15) is 0 Å². The number of rotatable bonds is 9. The number of nitro groups is 1. The molecule has 3 aromatic rings. The molecule has 0 N–H and O–H groups in total. The van der Waals surface area contributed by atoms with Gasteiger partial charge < -0.3 is 4.74 Å². The van der Waals surface area contributed by atoms with Gasteiger partial charge in [0.25, 0.3) is 5.69 Å². The van der Waals surface area contributed by atoms with Crippen LogP contribution in [0.15, 0.2) is 72.8 Å². The van der Waals surface area contributed by atoms with Gasteiger partial charge in [0.1, 0.15) is 16.4 Å². The van der Waals surface area contributed by atoms with Crippen LogP contribution in [0.4, 0.5) is 5.69 Å². The number of imide groups is 1. The van der Waals surface area contributed by atoms with E-state index in [1.807, 2.05) is 48.5 Å². The number of non-ortho nitro benzene ring substituents is 1. The number of carbonyl (C=O) groups is 3. The average molecular weight is 593 g/mol. The Balaban J connectivity index is 1.08. The van der Waals surface area contributed by atoms with E-state index in [0.717, 1.165) is 22.3 Å². The van der Waals surface area contributed by atoms with E-state index in [1.54, 1.807) is 12.1 Å². The van der Waals surface area contributed by atoms with Gasteiger partial charge in [0.05, 0.1) is 16.8 Å². The van der Waals surface area contributed by atoms with Crippen LogP contribution in [-0.4, -0.2) is 34.2 Å². The number of nitrogens with zero attached hydrogens (tertiary/aromatic N) is 2. The van der Waals surface area contributed by atoms with E-state index >= 15 is 0 Å². The van der Waals surface area contributed by atoms with Gasteiger partial charge >= 0.3 is 5.97 Å². The van der Waals surface area contributed by atoms with Crippen molar-refractivity contribution in [2.45, 2.75) is 42.0 Å². The highest BCUT2D eigenvalue weighted by atomic mass is 35.5. The van der Waals surface area contributed by atoms with Crippen LogP contribution in [0.25, 0.3) is 0 Å². The number of ether oxygens (including phenoxy) is 1. The molecule has 0 radical (unpaired) electrons. The van der Waals surface area contributed by atoms with Crippen LogP contribution in [0, 0.1) is 22.0 Å². The number of unbranched alkanes of at least 4 members (excludes halogenated alkanes) is 2. The summed E-state index contributed by atoms with van der Waals surface area (Å²) >= 11 is 14.8. The van der Waals surface area contributed by atoms with Gasteiger partial charge in [-0.3, -0.25) is 29.4 Å². The molecule has 0 unspecified atom stereocenters. The van der Waals surface area contributed by atoms with E-state index in [1.165, 1.54) is 17.0 Å². The maximum absolute atomic E-state index is 13.8. The number of carbonyl (C=O) groups excluding carboxylic acids is 3. The smallest absolute Gasteiger partial charge is 0.306 e. The zero-order valence-electron chi connectivity index (χ0n) is 21.9. The van der Waals surface area contributed by atoms with Gasteiger partial charge in [-0.25, -0.2) is 0 Å². The quantitative estimate of drug-likeness (QED) is 0.0777. The molecule has 7 rings (SSSR count). The van der Waals surface area contributed by atoms with Crippen LogP contribution < -0.4 is 0 Å². The summed E-state index contributed by atoms with van der Waals surface area (Å²) in [7, 11) is 0. The lowest BCUT2D eigenvalue weighted by molar-refractivity contribution is -0.384. The largest absolute Gasteiger partial charge is 0.461 e. The monoisotopic (exact) mass is 592 g/mol. The average Bonchev–Trinajstić information content (AvgIpc) is 3.25. The standard InChI is InChI=1S/C31H26Cl2N2O6/c32-30-21-8-3-4-9-22(21)31(33,24-11-6-5-10-23(24)30)27-26(30)28(37)34(29(27)38)17-7-1-2-12-25(36)41-18-19-13-15-20(16-14-19)35(39)40/h3-6,8-11,13-16,26-27H,1-2,7,12,17-18H2/t26-,27-,30?,31?/m0/s1. The van der Waals surface area contributed by atoms with Crippen molar-refractivity contribution < 1.29 is 24.0 Å². The zero-order valence-corrected chi connectivity index (χ0v) is 23.4. The highest BCUT2D eigenvalue weighted by molar-refractivity contribution is 6.36. The van der Waals surface area contributed by atoms with Crippen LogP contribution >= 0.6 is 23.2 Å². The van der Waals surface area contributed by atoms with Crippen LogP contribution in [0.2, 0.25) is 0 Å². The van der Waals surface area contributed by atoms with E-state index in [2.05, 4.69) is 0 Å². The first kappa shape index (κ1) is 27.4. The van der Waals surface area contributed by atoms with Crippen molar-refractivity contribution in [3.8, 4) is 0 Å². The maximum Gasteiger partial charge on any atom is 0.306 e. The van der Waals surface area contributed by atoms with E-state index in [0.29, 0.717) is 24.8 Å². The second-order valence-electron chi connectivity index (χ2n) is 10.7. The second kappa shape index (κ2) is 10.3. The van der Waals surface area contributed by atoms with Crippen molar-refractivity contribution >= 4 is 46.7 Å². The fourth-order valence-corrected chi connectivity index (χ4v) is 7.71. The van der Waals surface area contributed by atoms with Gasteiger partial charge in [0, 0.05) is 25.1 Å². The molecular weight excluding hydrogens is 567 g/mol. The summed E-state index contributed by atoms with van der Waals surface area (Å²) in [5.74, 6) is -2.64. The summed E-state index contributed by atoms with van der Waals surface area (Å²) in [6, 6.07) is 20.9. The topological polar surface area (TPSA) is 107 Å². The molecule has 1 aliphatic heterocycles. The fraction of sp³-hybridized carbons (Fsp3) is 0.323. The Morgan fingerprint density at radius 3 is 1.76 bits per heavy atom. The molecule has 3 aliphatic carbocycles. The SMILES string of the molecule is O=C(CCCCCN1C(=O)[C@@H]2[C@@H](C1=O)C1(Cl)c3ccccc3C2(Cl)c2ccccc21)OCc1ccc([N+](=O)[O-])cc1. The minimum atomic E-state index is -1.19. The molecule has 1 heterocycles. The van der Waals surface area contributed by atoms with Crippen molar-refractivity contribution in [3.05, 3.63) is 111 Å². The van der Waals surface area contributed by atoms with E-state index in [-0.39, 0.29) is 43.0 Å². The molecule has 1 fully saturated rings. The van der Waals surface area contributed by atoms with Gasteiger partial charge in [-0.05, 0) is 52.8 Å². The summed E-state index contributed by atoms with van der Waals surface area (Å²) in [5, 5.41) is 10.8. The zero-order chi connectivity index (χ0) is 28.9. The lowest BCUT2D eigenvalue weighted by Gasteiger charge is -2.54. The van der Waals surface area contributed by atoms with E-state index < -0.39 is 26.5 Å². The van der Waals surface area contributed by atoms with E-state index in [9.17, 15) is 24.5 Å². The third-order valence-electron chi connectivity index (χ3n) is 8.49. The first-order valence-electron chi connectivity index (χ1n) is 13.5. The number of amides is 2. The Morgan fingerprint density at radius 1 is 0.805 bits per heavy atom. The molecule has 0 saturated carbocycles. The number of likely N-dealkylation sites (tertiary alicyclic amines) is 1. The van der Waals surface area contributed by atoms with Gasteiger partial charge in [-0.1, -0.05) is 55.0 Å². The van der Waals surface area contributed by atoms with E-state index in [4.69, 9.17) is 27.9 Å². The molecule has 1 saturated heterocycles. The Morgan fingerprint density at radius 2 is 1.29 bits per heavy atom. The molecule has 8 nitrogen and oxygen atoms in total. The minimum absolute atomic E-state index is 0.0292. The summed E-state index contributed by atoms with van der Waals surface area (Å²) in [6.45, 7) is 0.247. The third kappa shape index (κ3) is 4.15. The molecule has 3 aromatic carbocycles. The van der Waals surface area contributed by atoms with Gasteiger partial charge in [0.15, 0.2) is 0 Å². The maximum atomic E-state index is 13.8. The molecular formula is C31H26Cl2N2O6. The summed E-state index contributed by atoms with van der Waals surface area (Å²) < 4.78 is 5.26. The number of benzene rings is 3. The van der Waals surface area contributed by atoms with Crippen molar-refractivity contribution in [1.29, 1.82) is 0 Å². The van der Waals surface area contributed by atoms with Crippen LogP contribution in [0.3, 0.4) is 0 Å². The van der Waals surface area contributed by atoms with Gasteiger partial charge in [0.2, 0.25) is 11.8 Å². The molecule has 0 spiro atoms. The van der Waals surface area contributed by atoms with Crippen LogP contribution in [-0.2, 0) is 35.5 Å². The molecule has 210 valence electrons. The normalized spacial score (nSPS) is 25.5. The number of hydrogen-bond donors (Lipinski definition) is 0. The highest BCUT2D eigenvalue weighted by Crippen LogP contribution is 2.69. The van der Waals surface area contributed by atoms with Gasteiger partial charge in [-0.15, -0.1) is 23.2 Å². The van der Waals surface area contributed by atoms with Crippen molar-refractivity contribution in [1.82, 2.24) is 4.90 Å². The highest BCUT2D eigenvalue weighted by Gasteiger charge is 2.72. The van der Waals surface area contributed by atoms with Crippen molar-refractivity contribution in [2.75, 3.05) is 6.54 Å². The minimum Gasteiger partial charge on any atom is -0.461 e. The third-order valence-corrected chi connectivity index (χ3v) is 9.77.